The molecule has 2 aliphatic rings. The Kier molecular flexibility index (Phi) is 9.59. The first-order valence-electron chi connectivity index (χ1n) is 10.1. The summed E-state index contributed by atoms with van der Waals surface area (Å²) in [4.78, 5) is 20.6. The minimum Gasteiger partial charge on any atom is -0.449 e. The van der Waals surface area contributed by atoms with Gasteiger partial charge in [0.1, 0.15) is 12.0 Å². The van der Waals surface area contributed by atoms with Gasteiger partial charge in [-0.25, -0.2) is 4.98 Å². The van der Waals surface area contributed by atoms with Gasteiger partial charge in [0.05, 0.1) is 5.69 Å². The number of piperazine rings is 1. The zero-order valence-electron chi connectivity index (χ0n) is 17.3. The summed E-state index contributed by atoms with van der Waals surface area (Å²) in [5.41, 5.74) is 4.30. The van der Waals surface area contributed by atoms with E-state index in [1.165, 1.54) is 29.5 Å². The highest BCUT2D eigenvalue weighted by atomic mass is 16.3. The average molecular weight is 385 g/mol. The van der Waals surface area contributed by atoms with Crippen LogP contribution in [-0.2, 0) is 13.0 Å². The van der Waals surface area contributed by atoms with Gasteiger partial charge in [-0.3, -0.25) is 14.7 Å². The minimum atomic E-state index is 0.350. The second-order valence-corrected chi connectivity index (χ2v) is 6.97. The largest absolute Gasteiger partial charge is 0.449 e. The van der Waals surface area contributed by atoms with Crippen molar-refractivity contribution >= 4 is 12.4 Å². The van der Waals surface area contributed by atoms with Gasteiger partial charge in [-0.05, 0) is 30.0 Å². The van der Waals surface area contributed by atoms with Gasteiger partial charge in [0.25, 0.3) is 0 Å². The highest BCUT2D eigenvalue weighted by Gasteiger charge is 2.12. The molecule has 6 heteroatoms. The van der Waals surface area contributed by atoms with Crippen molar-refractivity contribution < 1.29 is 9.21 Å². The molecule has 2 aromatic rings. The van der Waals surface area contributed by atoms with Crippen LogP contribution in [0.3, 0.4) is 0 Å². The lowest BCUT2D eigenvalue weighted by Gasteiger charge is -2.27. The summed E-state index contributed by atoms with van der Waals surface area (Å²) in [7, 11) is 0. The summed E-state index contributed by atoms with van der Waals surface area (Å²) < 4.78 is 4.71. The number of oxazole rings is 1. The molecule has 1 aliphatic carbocycles. The van der Waals surface area contributed by atoms with Gasteiger partial charge < -0.3 is 9.73 Å². The molecule has 0 saturated carbocycles. The van der Waals surface area contributed by atoms with Crippen LogP contribution in [0.2, 0.25) is 0 Å². The maximum absolute atomic E-state index is 9.90. The maximum Gasteiger partial charge on any atom is 0.191 e. The molecule has 1 N–H and O–H groups in total. The second-order valence-electron chi connectivity index (χ2n) is 6.97. The van der Waals surface area contributed by atoms with Gasteiger partial charge in [0, 0.05) is 45.8 Å². The number of nitrogens with zero attached hydrogens (tertiary/aromatic N) is 3. The number of aryl methyl sites for hydroxylation is 2. The second kappa shape index (κ2) is 12.2. The number of carbonyl (C=O) groups excluding carboxylic acids is 1. The van der Waals surface area contributed by atoms with E-state index in [9.17, 15) is 4.79 Å². The summed E-state index contributed by atoms with van der Waals surface area (Å²) in [6.07, 6.45) is 11.9. The number of rotatable bonds is 3. The lowest BCUT2D eigenvalue weighted by atomic mass is 10.0. The van der Waals surface area contributed by atoms with Gasteiger partial charge in [-0.15, -0.1) is 0 Å². The van der Waals surface area contributed by atoms with Crippen molar-refractivity contribution in [1.29, 1.82) is 0 Å². The fraction of sp³-hybridized carbons (Fsp3) is 0.500. The molecular formula is C22H32N4O2. The van der Waals surface area contributed by atoms with Gasteiger partial charge in [0.15, 0.2) is 12.2 Å². The SMILES string of the molecule is C1=Cc2ncc(CN3CCNCC3)cc2CC1.CCC.Cc1nc(C=O)co1. The Morgan fingerprint density at radius 3 is 2.64 bits per heavy atom. The quantitative estimate of drug-likeness (QED) is 0.815. The van der Waals surface area contributed by atoms with E-state index < -0.39 is 0 Å². The zero-order valence-corrected chi connectivity index (χ0v) is 17.3. The summed E-state index contributed by atoms with van der Waals surface area (Å²) in [6.45, 7) is 11.5. The van der Waals surface area contributed by atoms with Crippen LogP contribution in [0, 0.1) is 6.92 Å². The average Bonchev–Trinajstić information content (AvgIpc) is 3.15. The Labute approximate surface area is 168 Å². The Morgan fingerprint density at radius 1 is 1.29 bits per heavy atom. The highest BCUT2D eigenvalue weighted by molar-refractivity contribution is 5.70. The van der Waals surface area contributed by atoms with Gasteiger partial charge in [0.2, 0.25) is 0 Å². The smallest absolute Gasteiger partial charge is 0.191 e. The highest BCUT2D eigenvalue weighted by Crippen LogP contribution is 2.18. The van der Waals surface area contributed by atoms with Crippen molar-refractivity contribution in [3.8, 4) is 0 Å². The van der Waals surface area contributed by atoms with Crippen molar-refractivity contribution in [2.75, 3.05) is 26.2 Å². The lowest BCUT2D eigenvalue weighted by Crippen LogP contribution is -2.42. The molecule has 6 nitrogen and oxygen atoms in total. The third kappa shape index (κ3) is 7.37. The summed E-state index contributed by atoms with van der Waals surface area (Å²) in [6, 6.07) is 2.34. The normalized spacial score (nSPS) is 15.5. The van der Waals surface area contributed by atoms with Crippen LogP contribution in [0.1, 0.15) is 59.9 Å². The van der Waals surface area contributed by atoms with Crippen LogP contribution in [0.4, 0.5) is 0 Å². The number of aromatic nitrogens is 2. The fourth-order valence-electron chi connectivity index (χ4n) is 3.00. The fourth-order valence-corrected chi connectivity index (χ4v) is 3.00. The molecule has 4 rings (SSSR count). The maximum atomic E-state index is 9.90. The van der Waals surface area contributed by atoms with Crippen LogP contribution < -0.4 is 5.32 Å². The zero-order chi connectivity index (χ0) is 20.2. The molecule has 0 spiro atoms. The van der Waals surface area contributed by atoms with E-state index in [4.69, 9.17) is 4.42 Å². The van der Waals surface area contributed by atoms with Crippen LogP contribution in [-0.4, -0.2) is 47.3 Å². The van der Waals surface area contributed by atoms with Crippen molar-refractivity contribution in [1.82, 2.24) is 20.2 Å². The third-order valence-electron chi connectivity index (χ3n) is 4.29. The molecule has 0 aromatic carbocycles. The molecule has 0 atom stereocenters. The number of hydrogen-bond donors (Lipinski definition) is 1. The van der Waals surface area contributed by atoms with E-state index in [1.807, 2.05) is 6.20 Å². The van der Waals surface area contributed by atoms with E-state index in [-0.39, 0.29) is 0 Å². The predicted molar refractivity (Wildman–Crippen MR) is 112 cm³/mol. The Morgan fingerprint density at radius 2 is 2.04 bits per heavy atom. The molecule has 3 heterocycles. The predicted octanol–water partition coefficient (Wildman–Crippen LogP) is 3.66. The number of nitrogens with one attached hydrogen (secondary N) is 1. The summed E-state index contributed by atoms with van der Waals surface area (Å²) in [5, 5.41) is 3.38. The topological polar surface area (TPSA) is 71.3 Å². The van der Waals surface area contributed by atoms with E-state index in [1.54, 1.807) is 6.92 Å². The molecule has 0 unspecified atom stereocenters. The van der Waals surface area contributed by atoms with Crippen molar-refractivity contribution in [3.05, 3.63) is 53.0 Å². The Bertz CT molecular complexity index is 749. The standard InChI is InChI=1S/C14H19N3.C5H5NO2.C3H8/c1-2-4-14-13(3-1)9-12(10-16-14)11-17-7-5-15-6-8-17;1-4-6-5(2-7)3-8-4;1-3-2/h2,4,9-10,15H,1,3,5-8,11H2;2-3H,1H3;3H2,1-2H3. The van der Waals surface area contributed by atoms with E-state index in [0.717, 1.165) is 45.6 Å². The first-order chi connectivity index (χ1) is 13.7. The third-order valence-corrected chi connectivity index (χ3v) is 4.29. The number of hydrogen-bond acceptors (Lipinski definition) is 6. The van der Waals surface area contributed by atoms with E-state index in [0.29, 0.717) is 17.9 Å². The van der Waals surface area contributed by atoms with E-state index in [2.05, 4.69) is 52.3 Å². The van der Waals surface area contributed by atoms with Gasteiger partial charge in [-0.1, -0.05) is 32.4 Å². The molecule has 152 valence electrons. The van der Waals surface area contributed by atoms with Crippen LogP contribution >= 0.6 is 0 Å². The number of fused-ring (bicyclic) bond motifs is 1. The first-order valence-corrected chi connectivity index (χ1v) is 10.1. The van der Waals surface area contributed by atoms with E-state index >= 15 is 0 Å². The number of aldehydes is 1. The monoisotopic (exact) mass is 384 g/mol. The Balaban J connectivity index is 0.000000213. The van der Waals surface area contributed by atoms with Crippen molar-refractivity contribution in [3.63, 3.8) is 0 Å². The lowest BCUT2D eigenvalue weighted by molar-refractivity contribution is 0.111. The summed E-state index contributed by atoms with van der Waals surface area (Å²) >= 11 is 0. The molecule has 0 radical (unpaired) electrons. The molecule has 2 aromatic heterocycles. The number of pyridine rings is 1. The van der Waals surface area contributed by atoms with Crippen LogP contribution in [0.5, 0.6) is 0 Å². The van der Waals surface area contributed by atoms with Crippen molar-refractivity contribution in [2.24, 2.45) is 0 Å². The van der Waals surface area contributed by atoms with Gasteiger partial charge >= 0.3 is 0 Å². The minimum absolute atomic E-state index is 0.350. The van der Waals surface area contributed by atoms with Crippen LogP contribution in [0.25, 0.3) is 6.08 Å². The molecule has 1 aliphatic heterocycles. The molecule has 0 bridgehead atoms. The molecule has 28 heavy (non-hydrogen) atoms. The van der Waals surface area contributed by atoms with Crippen LogP contribution in [0.15, 0.2) is 29.0 Å². The van der Waals surface area contributed by atoms with Gasteiger partial charge in [-0.2, -0.15) is 0 Å². The summed E-state index contributed by atoms with van der Waals surface area (Å²) in [5.74, 6) is 0.520. The molecule has 0 amide bonds. The molecular weight excluding hydrogens is 352 g/mol. The Hall–Kier alpha value is -2.31. The number of carbonyl (C=O) groups is 1. The first kappa shape index (κ1) is 22.0. The van der Waals surface area contributed by atoms with Crippen molar-refractivity contribution in [2.45, 2.75) is 46.6 Å². The molecule has 1 fully saturated rings. The molecule has 1 saturated heterocycles. The number of allylic oxidation sites excluding steroid dienone is 1.